The van der Waals surface area contributed by atoms with E-state index in [2.05, 4.69) is 11.6 Å². The van der Waals surface area contributed by atoms with Crippen LogP contribution in [0.3, 0.4) is 0 Å². The van der Waals surface area contributed by atoms with Crippen LogP contribution in [0.2, 0.25) is 0 Å². The minimum Gasteiger partial charge on any atom is -0.326 e. The smallest absolute Gasteiger partial charge is 0.240 e. The van der Waals surface area contributed by atoms with E-state index in [-0.39, 0.29) is 4.75 Å². The lowest BCUT2D eigenvalue weighted by molar-refractivity contribution is 0.552. The quantitative estimate of drug-likeness (QED) is 0.872. The first kappa shape index (κ1) is 15.8. The lowest BCUT2D eigenvalue weighted by atomic mass is 10.1. The van der Waals surface area contributed by atoms with Crippen molar-refractivity contribution in [3.8, 4) is 0 Å². The summed E-state index contributed by atoms with van der Waals surface area (Å²) in [6, 6.07) is 5.25. The molecule has 1 fully saturated rings. The molecule has 2 rings (SSSR count). The van der Waals surface area contributed by atoms with E-state index in [1.165, 1.54) is 0 Å². The third-order valence-corrected chi connectivity index (χ3v) is 6.93. The van der Waals surface area contributed by atoms with E-state index in [1.807, 2.05) is 24.8 Å². The molecule has 0 amide bonds. The molecule has 1 saturated heterocycles. The zero-order chi connectivity index (χ0) is 14.8. The Bertz CT molecular complexity index is 579. The Morgan fingerprint density at radius 3 is 2.80 bits per heavy atom. The van der Waals surface area contributed by atoms with Crippen molar-refractivity contribution in [3.05, 3.63) is 29.3 Å². The Hall–Kier alpha value is -0.560. The van der Waals surface area contributed by atoms with Crippen molar-refractivity contribution in [2.24, 2.45) is 5.73 Å². The van der Waals surface area contributed by atoms with Gasteiger partial charge in [0.2, 0.25) is 10.0 Å². The van der Waals surface area contributed by atoms with E-state index in [1.54, 1.807) is 12.1 Å². The van der Waals surface area contributed by atoms with Crippen molar-refractivity contribution in [3.63, 3.8) is 0 Å². The van der Waals surface area contributed by atoms with E-state index < -0.39 is 10.0 Å². The first-order chi connectivity index (χ1) is 9.38. The second kappa shape index (κ2) is 6.05. The van der Waals surface area contributed by atoms with Gasteiger partial charge in [0.25, 0.3) is 0 Å². The van der Waals surface area contributed by atoms with E-state index in [4.69, 9.17) is 5.73 Å². The molecule has 0 spiro atoms. The van der Waals surface area contributed by atoms with Crippen LogP contribution in [0, 0.1) is 6.92 Å². The number of nitrogens with two attached hydrogens (primary N) is 1. The van der Waals surface area contributed by atoms with Gasteiger partial charge in [-0.2, -0.15) is 11.8 Å². The minimum absolute atomic E-state index is 0.0203. The van der Waals surface area contributed by atoms with Crippen molar-refractivity contribution < 1.29 is 8.42 Å². The number of hydrogen-bond acceptors (Lipinski definition) is 4. The number of nitrogens with one attached hydrogen (secondary N) is 1. The van der Waals surface area contributed by atoms with Crippen molar-refractivity contribution in [1.82, 2.24) is 4.72 Å². The zero-order valence-corrected chi connectivity index (χ0v) is 13.6. The molecule has 0 saturated carbocycles. The number of thioether (sulfide) groups is 1. The average molecular weight is 314 g/mol. The molecule has 1 heterocycles. The molecule has 6 heteroatoms. The Balaban J connectivity index is 2.18. The summed E-state index contributed by atoms with van der Waals surface area (Å²) in [5.41, 5.74) is 7.25. The van der Waals surface area contributed by atoms with Gasteiger partial charge >= 0.3 is 0 Å². The molecule has 4 nitrogen and oxygen atoms in total. The zero-order valence-electron chi connectivity index (χ0n) is 12.0. The van der Waals surface area contributed by atoms with Crippen LogP contribution in [0.15, 0.2) is 23.1 Å². The van der Waals surface area contributed by atoms with Crippen molar-refractivity contribution >= 4 is 21.8 Å². The molecule has 0 bridgehead atoms. The highest BCUT2D eigenvalue weighted by Gasteiger charge is 2.31. The molecule has 0 aliphatic carbocycles. The Kier molecular flexibility index (Phi) is 4.79. The van der Waals surface area contributed by atoms with E-state index >= 15 is 0 Å². The van der Waals surface area contributed by atoms with Gasteiger partial charge in [-0.3, -0.25) is 0 Å². The standard InChI is InChI=1S/C14H22N2O2S2/c1-11-12(9-15)5-3-6-13(11)20(17,18)16-10-14(2)7-4-8-19-14/h3,5-6,16H,4,7-10,15H2,1-2H3. The first-order valence-corrected chi connectivity index (χ1v) is 9.27. The average Bonchev–Trinajstić information content (AvgIpc) is 2.84. The summed E-state index contributed by atoms with van der Waals surface area (Å²) in [7, 11) is -3.47. The molecular weight excluding hydrogens is 292 g/mol. The molecule has 1 aromatic carbocycles. The monoisotopic (exact) mass is 314 g/mol. The normalized spacial score (nSPS) is 23.1. The van der Waals surface area contributed by atoms with E-state index in [0.717, 1.165) is 29.7 Å². The van der Waals surface area contributed by atoms with Crippen LogP contribution in [0.25, 0.3) is 0 Å². The fourth-order valence-corrected chi connectivity index (χ4v) is 5.27. The van der Waals surface area contributed by atoms with Crippen molar-refractivity contribution in [2.75, 3.05) is 12.3 Å². The van der Waals surface area contributed by atoms with Crippen LogP contribution in [-0.4, -0.2) is 25.5 Å². The number of sulfonamides is 1. The molecular formula is C14H22N2O2S2. The highest BCUT2D eigenvalue weighted by molar-refractivity contribution is 8.01. The fraction of sp³-hybridized carbons (Fsp3) is 0.571. The summed E-state index contributed by atoms with van der Waals surface area (Å²) < 4.78 is 27.7. The van der Waals surface area contributed by atoms with Gasteiger partial charge in [-0.1, -0.05) is 12.1 Å². The van der Waals surface area contributed by atoms with Crippen LogP contribution >= 0.6 is 11.8 Å². The van der Waals surface area contributed by atoms with Gasteiger partial charge in [-0.25, -0.2) is 13.1 Å². The topological polar surface area (TPSA) is 72.2 Å². The summed E-state index contributed by atoms with van der Waals surface area (Å²) in [4.78, 5) is 0.340. The maximum atomic E-state index is 12.5. The molecule has 1 atom stereocenters. The molecule has 1 unspecified atom stereocenters. The van der Waals surface area contributed by atoms with Crippen molar-refractivity contribution in [1.29, 1.82) is 0 Å². The predicted octanol–water partition coefficient (Wildman–Crippen LogP) is 2.02. The van der Waals surface area contributed by atoms with E-state index in [0.29, 0.717) is 18.0 Å². The summed E-state index contributed by atoms with van der Waals surface area (Å²) in [5, 5.41) is 0. The third kappa shape index (κ3) is 3.36. The largest absolute Gasteiger partial charge is 0.326 e. The molecule has 1 aromatic rings. The summed E-state index contributed by atoms with van der Waals surface area (Å²) >= 11 is 1.85. The fourth-order valence-electron chi connectivity index (χ4n) is 2.47. The van der Waals surface area contributed by atoms with Crippen molar-refractivity contribution in [2.45, 2.75) is 42.9 Å². The number of hydrogen-bond donors (Lipinski definition) is 2. The van der Waals surface area contributed by atoms with Gasteiger partial charge in [-0.15, -0.1) is 0 Å². The second-order valence-corrected chi connectivity index (χ2v) is 8.89. The number of rotatable bonds is 5. The predicted molar refractivity (Wildman–Crippen MR) is 84.4 cm³/mol. The summed E-state index contributed by atoms with van der Waals surface area (Å²) in [6.45, 7) is 4.76. The van der Waals surface area contributed by atoms with Crippen LogP contribution in [-0.2, 0) is 16.6 Å². The molecule has 20 heavy (non-hydrogen) atoms. The van der Waals surface area contributed by atoms with Gasteiger partial charge in [-0.05, 0) is 49.6 Å². The minimum atomic E-state index is -3.47. The molecule has 112 valence electrons. The molecule has 1 aliphatic heterocycles. The Labute approximate surface area is 125 Å². The van der Waals surface area contributed by atoms with Crippen LogP contribution in [0.5, 0.6) is 0 Å². The van der Waals surface area contributed by atoms with Gasteiger partial charge in [0, 0.05) is 17.8 Å². The van der Waals surface area contributed by atoms with Crippen LogP contribution < -0.4 is 10.5 Å². The van der Waals surface area contributed by atoms with Crippen LogP contribution in [0.1, 0.15) is 30.9 Å². The highest BCUT2D eigenvalue weighted by Crippen LogP contribution is 2.37. The van der Waals surface area contributed by atoms with Gasteiger partial charge < -0.3 is 5.73 Å². The Morgan fingerprint density at radius 1 is 1.45 bits per heavy atom. The SMILES string of the molecule is Cc1c(CN)cccc1S(=O)(=O)NCC1(C)CCCS1. The maximum Gasteiger partial charge on any atom is 0.240 e. The maximum absolute atomic E-state index is 12.5. The summed E-state index contributed by atoms with van der Waals surface area (Å²) in [6.07, 6.45) is 2.21. The highest BCUT2D eigenvalue weighted by atomic mass is 32.2. The lowest BCUT2D eigenvalue weighted by Gasteiger charge is -2.23. The van der Waals surface area contributed by atoms with Gasteiger partial charge in [0.05, 0.1) is 4.90 Å². The third-order valence-electron chi connectivity index (χ3n) is 3.84. The number of benzene rings is 1. The van der Waals surface area contributed by atoms with E-state index in [9.17, 15) is 8.42 Å². The first-order valence-electron chi connectivity index (χ1n) is 6.80. The molecule has 0 radical (unpaired) electrons. The molecule has 3 N–H and O–H groups in total. The lowest BCUT2D eigenvalue weighted by Crippen LogP contribution is -2.37. The van der Waals surface area contributed by atoms with Crippen LogP contribution in [0.4, 0.5) is 0 Å². The summed E-state index contributed by atoms with van der Waals surface area (Å²) in [5.74, 6) is 1.11. The van der Waals surface area contributed by atoms with Gasteiger partial charge in [0.1, 0.15) is 0 Å². The van der Waals surface area contributed by atoms with Gasteiger partial charge in [0.15, 0.2) is 0 Å². The molecule has 1 aliphatic rings. The molecule has 0 aromatic heterocycles. The second-order valence-electron chi connectivity index (χ2n) is 5.47. The Morgan fingerprint density at radius 2 is 2.20 bits per heavy atom.